The molecular formula is C14H24O2. The molecule has 92 valence electrons. The van der Waals surface area contributed by atoms with Gasteiger partial charge in [-0.2, -0.15) is 0 Å². The lowest BCUT2D eigenvalue weighted by Gasteiger charge is -2.60. The lowest BCUT2D eigenvalue weighted by atomic mass is 9.45. The van der Waals surface area contributed by atoms with Crippen LogP contribution in [0.25, 0.3) is 0 Å². The molecule has 0 aromatic heterocycles. The second-order valence-electron chi connectivity index (χ2n) is 7.10. The number of hydrogen-bond acceptors (Lipinski definition) is 1. The normalized spacial score (nSPS) is 48.4. The molecular weight excluding hydrogens is 200 g/mol. The summed E-state index contributed by atoms with van der Waals surface area (Å²) in [6, 6.07) is 0. The second-order valence-corrected chi connectivity index (χ2v) is 7.10. The van der Waals surface area contributed by atoms with E-state index in [0.29, 0.717) is 0 Å². The van der Waals surface area contributed by atoms with Gasteiger partial charge in [-0.1, -0.05) is 13.8 Å². The van der Waals surface area contributed by atoms with E-state index in [1.54, 1.807) is 32.1 Å². The third-order valence-corrected chi connectivity index (χ3v) is 4.65. The van der Waals surface area contributed by atoms with Crippen molar-refractivity contribution in [1.82, 2.24) is 0 Å². The Balaban J connectivity index is 0.000000212. The van der Waals surface area contributed by atoms with Crippen LogP contribution in [0.15, 0.2) is 0 Å². The number of carboxylic acid groups (broad SMARTS) is 1. The van der Waals surface area contributed by atoms with Crippen LogP contribution in [0.2, 0.25) is 0 Å². The molecule has 4 aliphatic carbocycles. The summed E-state index contributed by atoms with van der Waals surface area (Å²) >= 11 is 0. The van der Waals surface area contributed by atoms with Crippen LogP contribution in [0.5, 0.6) is 0 Å². The van der Waals surface area contributed by atoms with Crippen molar-refractivity contribution in [1.29, 1.82) is 0 Å². The maximum absolute atomic E-state index is 9.00. The van der Waals surface area contributed by atoms with Crippen molar-refractivity contribution in [2.45, 2.75) is 59.3 Å². The van der Waals surface area contributed by atoms with Gasteiger partial charge >= 0.3 is 0 Å². The lowest BCUT2D eigenvalue weighted by Crippen LogP contribution is -2.49. The van der Waals surface area contributed by atoms with Gasteiger partial charge in [-0.3, -0.25) is 4.79 Å². The standard InChI is InChI=1S/C12H20.C2H4O2/c1-11-4-9-3-10(5-11)7-12(2,6-9)8-11;1-2(3)4/h9-10H,3-8H2,1-2H3;1H3,(H,3,4). The Labute approximate surface area is 98.4 Å². The molecule has 0 saturated heterocycles. The Morgan fingerprint density at radius 1 is 1.06 bits per heavy atom. The van der Waals surface area contributed by atoms with Crippen molar-refractivity contribution < 1.29 is 9.90 Å². The molecule has 0 amide bonds. The molecule has 16 heavy (non-hydrogen) atoms. The molecule has 0 radical (unpaired) electrons. The number of carboxylic acids is 1. The van der Waals surface area contributed by atoms with Crippen LogP contribution < -0.4 is 0 Å². The van der Waals surface area contributed by atoms with E-state index in [-0.39, 0.29) is 0 Å². The first-order valence-corrected chi connectivity index (χ1v) is 6.50. The average molecular weight is 224 g/mol. The molecule has 0 atom stereocenters. The van der Waals surface area contributed by atoms with Crippen molar-refractivity contribution >= 4 is 5.97 Å². The maximum atomic E-state index is 9.00. The van der Waals surface area contributed by atoms with Gasteiger partial charge in [0.05, 0.1) is 0 Å². The van der Waals surface area contributed by atoms with Crippen LogP contribution in [-0.2, 0) is 4.79 Å². The third-order valence-electron chi connectivity index (χ3n) is 4.65. The van der Waals surface area contributed by atoms with Gasteiger partial charge in [0.2, 0.25) is 0 Å². The topological polar surface area (TPSA) is 37.3 Å². The van der Waals surface area contributed by atoms with Gasteiger partial charge in [-0.25, -0.2) is 0 Å². The molecule has 0 aliphatic heterocycles. The number of carbonyl (C=O) groups is 1. The van der Waals surface area contributed by atoms with E-state index in [9.17, 15) is 0 Å². The third kappa shape index (κ3) is 2.41. The van der Waals surface area contributed by atoms with Crippen LogP contribution in [-0.4, -0.2) is 11.1 Å². The monoisotopic (exact) mass is 224 g/mol. The first kappa shape index (κ1) is 11.9. The SMILES string of the molecule is CC(=O)O.CC12CC3CC(C1)CC(C)(C3)C2. The highest BCUT2D eigenvalue weighted by Gasteiger charge is 2.53. The molecule has 0 unspecified atom stereocenters. The Kier molecular flexibility index (Phi) is 2.80. The summed E-state index contributed by atoms with van der Waals surface area (Å²) in [6.07, 6.45) is 9.33. The Bertz CT molecular complexity index is 257. The molecule has 0 aromatic carbocycles. The first-order chi connectivity index (χ1) is 7.30. The molecule has 2 nitrogen and oxygen atoms in total. The van der Waals surface area contributed by atoms with E-state index >= 15 is 0 Å². The average Bonchev–Trinajstić information content (AvgIpc) is 1.93. The van der Waals surface area contributed by atoms with Crippen LogP contribution in [0.3, 0.4) is 0 Å². The highest BCUT2D eigenvalue weighted by Crippen LogP contribution is 2.64. The van der Waals surface area contributed by atoms with Gasteiger partial charge < -0.3 is 5.11 Å². The molecule has 4 bridgehead atoms. The highest BCUT2D eigenvalue weighted by molar-refractivity contribution is 5.62. The van der Waals surface area contributed by atoms with Gasteiger partial charge in [-0.05, 0) is 61.2 Å². The summed E-state index contributed by atoms with van der Waals surface area (Å²) in [4.78, 5) is 9.00. The molecule has 4 fully saturated rings. The Morgan fingerprint density at radius 2 is 1.38 bits per heavy atom. The highest BCUT2D eigenvalue weighted by atomic mass is 16.4. The zero-order chi connectivity index (χ0) is 12.0. The quantitative estimate of drug-likeness (QED) is 0.681. The van der Waals surface area contributed by atoms with Crippen molar-refractivity contribution in [3.63, 3.8) is 0 Å². The molecule has 0 aromatic rings. The summed E-state index contributed by atoms with van der Waals surface area (Å²) in [7, 11) is 0. The van der Waals surface area contributed by atoms with Crippen LogP contribution in [0.1, 0.15) is 59.3 Å². The Morgan fingerprint density at radius 3 is 1.62 bits per heavy atom. The summed E-state index contributed by atoms with van der Waals surface area (Å²) in [5.41, 5.74) is 1.53. The molecule has 0 spiro atoms. The lowest BCUT2D eigenvalue weighted by molar-refractivity contribution is -0.134. The molecule has 4 aliphatic rings. The second kappa shape index (κ2) is 3.75. The van der Waals surface area contributed by atoms with Crippen molar-refractivity contribution in [3.05, 3.63) is 0 Å². The van der Waals surface area contributed by atoms with Gasteiger partial charge in [0, 0.05) is 6.92 Å². The summed E-state index contributed by atoms with van der Waals surface area (Å²) in [5, 5.41) is 7.42. The first-order valence-electron chi connectivity index (χ1n) is 6.50. The molecule has 2 heteroatoms. The van der Waals surface area contributed by atoms with Gasteiger partial charge in [0.15, 0.2) is 0 Å². The largest absolute Gasteiger partial charge is 0.481 e. The predicted octanol–water partition coefficient (Wildman–Crippen LogP) is 3.70. The maximum Gasteiger partial charge on any atom is 0.300 e. The van der Waals surface area contributed by atoms with E-state index in [2.05, 4.69) is 13.8 Å². The van der Waals surface area contributed by atoms with Crippen molar-refractivity contribution in [2.24, 2.45) is 22.7 Å². The fourth-order valence-electron chi connectivity index (χ4n) is 5.22. The van der Waals surface area contributed by atoms with Gasteiger partial charge in [0.1, 0.15) is 0 Å². The number of hydrogen-bond donors (Lipinski definition) is 1. The summed E-state index contributed by atoms with van der Waals surface area (Å²) in [5.74, 6) is 1.39. The minimum Gasteiger partial charge on any atom is -0.481 e. The van der Waals surface area contributed by atoms with Crippen molar-refractivity contribution in [2.75, 3.05) is 0 Å². The van der Waals surface area contributed by atoms with E-state index in [4.69, 9.17) is 9.90 Å². The van der Waals surface area contributed by atoms with E-state index in [1.165, 1.54) is 6.42 Å². The van der Waals surface area contributed by atoms with Gasteiger partial charge in [-0.15, -0.1) is 0 Å². The smallest absolute Gasteiger partial charge is 0.300 e. The van der Waals surface area contributed by atoms with Crippen LogP contribution >= 0.6 is 0 Å². The predicted molar refractivity (Wildman–Crippen MR) is 64.2 cm³/mol. The van der Waals surface area contributed by atoms with Gasteiger partial charge in [0.25, 0.3) is 5.97 Å². The summed E-state index contributed by atoms with van der Waals surface area (Å²) < 4.78 is 0. The minimum atomic E-state index is -0.833. The molecule has 4 rings (SSSR count). The number of rotatable bonds is 0. The number of aliphatic carboxylic acids is 1. The summed E-state index contributed by atoms with van der Waals surface area (Å²) in [6.45, 7) is 6.17. The van der Waals surface area contributed by atoms with E-state index < -0.39 is 5.97 Å². The zero-order valence-corrected chi connectivity index (χ0v) is 10.8. The Hall–Kier alpha value is -0.530. The van der Waals surface area contributed by atoms with Crippen LogP contribution in [0, 0.1) is 22.7 Å². The molecule has 1 N–H and O–H groups in total. The fourth-order valence-corrected chi connectivity index (χ4v) is 5.22. The minimum absolute atomic E-state index is 0.763. The van der Waals surface area contributed by atoms with Crippen molar-refractivity contribution in [3.8, 4) is 0 Å². The molecule has 4 saturated carbocycles. The van der Waals surface area contributed by atoms with Crippen LogP contribution in [0.4, 0.5) is 0 Å². The van der Waals surface area contributed by atoms with E-state index in [0.717, 1.165) is 29.6 Å². The zero-order valence-electron chi connectivity index (χ0n) is 10.8. The van der Waals surface area contributed by atoms with E-state index in [1.807, 2.05) is 0 Å². The fraction of sp³-hybridized carbons (Fsp3) is 0.929. The molecule has 0 heterocycles.